The number of nitrogens with one attached hydrogen (secondary N) is 2. The zero-order valence-corrected chi connectivity index (χ0v) is 24.9. The van der Waals surface area contributed by atoms with Crippen LogP contribution in [0.15, 0.2) is 140 Å². The lowest BCUT2D eigenvalue weighted by Gasteiger charge is -2.18. The molecule has 1 atom stereocenters. The highest BCUT2D eigenvalue weighted by atomic mass is 35.5. The lowest BCUT2D eigenvalue weighted by molar-refractivity contribution is -0.139. The van der Waals surface area contributed by atoms with Crippen molar-refractivity contribution in [2.24, 2.45) is 0 Å². The molecule has 6 aromatic carbocycles. The number of ether oxygens (including phenoxy) is 1. The van der Waals surface area contributed by atoms with E-state index >= 15 is 0 Å². The van der Waals surface area contributed by atoms with E-state index in [1.54, 1.807) is 12.1 Å². The third-order valence-electron chi connectivity index (χ3n) is 7.42. The smallest absolute Gasteiger partial charge is 0.326 e. The second-order valence-corrected chi connectivity index (χ2v) is 11.0. The summed E-state index contributed by atoms with van der Waals surface area (Å²) in [5.74, 6) is -0.240. The number of amides is 1. The summed E-state index contributed by atoms with van der Waals surface area (Å²) in [5.41, 5.74) is 4.13. The Morgan fingerprint density at radius 3 is 2.22 bits per heavy atom. The molecular formula is C38H29ClN2O4. The van der Waals surface area contributed by atoms with Gasteiger partial charge in [-0.1, -0.05) is 103 Å². The lowest BCUT2D eigenvalue weighted by atomic mass is 9.99. The molecular weight excluding hydrogens is 584 g/mol. The minimum absolute atomic E-state index is 0.0948. The number of carboxylic acid groups (broad SMARTS) is 1. The summed E-state index contributed by atoms with van der Waals surface area (Å²) in [5, 5.41) is 18.5. The number of carbonyl (C=O) groups excluding carboxylic acids is 1. The van der Waals surface area contributed by atoms with Crippen LogP contribution in [0, 0.1) is 0 Å². The first-order chi connectivity index (χ1) is 21.9. The van der Waals surface area contributed by atoms with Gasteiger partial charge in [-0.25, -0.2) is 4.79 Å². The van der Waals surface area contributed by atoms with Crippen molar-refractivity contribution < 1.29 is 19.4 Å². The first kappa shape index (κ1) is 29.5. The number of halogens is 1. The third-order valence-corrected chi connectivity index (χ3v) is 7.66. The number of aliphatic carboxylic acids is 1. The van der Waals surface area contributed by atoms with Crippen molar-refractivity contribution in [2.75, 3.05) is 5.32 Å². The molecule has 0 aliphatic rings. The Balaban J connectivity index is 1.18. The third kappa shape index (κ3) is 7.15. The molecule has 7 heteroatoms. The van der Waals surface area contributed by atoms with Crippen molar-refractivity contribution in [1.82, 2.24) is 5.32 Å². The molecule has 0 aliphatic carbocycles. The van der Waals surface area contributed by atoms with Crippen LogP contribution in [0.25, 0.3) is 21.9 Å². The standard InChI is InChI=1S/C38H29ClN2O4/c39-29-19-21-34(40-30-20-18-26-8-4-5-9-28(26)23-30)33(24-29)37(42)41-35(38(43)44)22-25-14-16-27(17-15-25)32-12-6-7-13-36(32)45-31-10-2-1-3-11-31/h1-21,23-24,35,40H,22H2,(H,41,42)(H,43,44). The van der Waals surface area contributed by atoms with Crippen LogP contribution in [0.4, 0.5) is 11.4 Å². The molecule has 1 amide bonds. The monoisotopic (exact) mass is 612 g/mol. The zero-order chi connectivity index (χ0) is 31.2. The highest BCUT2D eigenvalue weighted by Crippen LogP contribution is 2.33. The Hall–Kier alpha value is -5.59. The van der Waals surface area contributed by atoms with Gasteiger partial charge in [0.15, 0.2) is 0 Å². The molecule has 0 spiro atoms. The molecule has 0 heterocycles. The maximum absolute atomic E-state index is 13.5. The van der Waals surface area contributed by atoms with Gasteiger partial charge in [-0.05, 0) is 70.4 Å². The molecule has 0 fully saturated rings. The van der Waals surface area contributed by atoms with Crippen LogP contribution in [-0.4, -0.2) is 23.0 Å². The molecule has 0 saturated carbocycles. The van der Waals surface area contributed by atoms with Gasteiger partial charge >= 0.3 is 5.97 Å². The van der Waals surface area contributed by atoms with Gasteiger partial charge in [0.2, 0.25) is 0 Å². The summed E-state index contributed by atoms with van der Waals surface area (Å²) < 4.78 is 6.11. The minimum atomic E-state index is -1.16. The Morgan fingerprint density at radius 1 is 0.733 bits per heavy atom. The van der Waals surface area contributed by atoms with E-state index < -0.39 is 17.9 Å². The Morgan fingerprint density at radius 2 is 1.44 bits per heavy atom. The lowest BCUT2D eigenvalue weighted by Crippen LogP contribution is -2.42. The number of hydrogen-bond donors (Lipinski definition) is 3. The van der Waals surface area contributed by atoms with Crippen molar-refractivity contribution in [3.63, 3.8) is 0 Å². The van der Waals surface area contributed by atoms with Gasteiger partial charge in [-0.2, -0.15) is 0 Å². The highest BCUT2D eigenvalue weighted by Gasteiger charge is 2.23. The van der Waals surface area contributed by atoms with E-state index in [1.807, 2.05) is 121 Å². The van der Waals surface area contributed by atoms with Gasteiger partial charge in [-0.3, -0.25) is 4.79 Å². The molecule has 6 rings (SSSR count). The first-order valence-electron chi connectivity index (χ1n) is 14.4. The fraction of sp³-hybridized carbons (Fsp3) is 0.0526. The predicted molar refractivity (Wildman–Crippen MR) is 180 cm³/mol. The SMILES string of the molecule is O=C(NC(Cc1ccc(-c2ccccc2Oc2ccccc2)cc1)C(=O)O)c1cc(Cl)ccc1Nc1ccc2ccccc2c1. The Kier molecular flexibility index (Phi) is 8.76. The molecule has 0 saturated heterocycles. The highest BCUT2D eigenvalue weighted by molar-refractivity contribution is 6.31. The van der Waals surface area contributed by atoms with Crippen LogP contribution in [0.1, 0.15) is 15.9 Å². The van der Waals surface area contributed by atoms with Gasteiger partial charge in [0.05, 0.1) is 11.3 Å². The quantitative estimate of drug-likeness (QED) is 0.144. The maximum atomic E-state index is 13.5. The fourth-order valence-electron chi connectivity index (χ4n) is 5.14. The summed E-state index contributed by atoms with van der Waals surface area (Å²) in [6, 6.07) is 42.5. The normalized spacial score (nSPS) is 11.5. The Bertz CT molecular complexity index is 1980. The van der Waals surface area contributed by atoms with Crippen molar-refractivity contribution in [3.8, 4) is 22.6 Å². The van der Waals surface area contributed by atoms with E-state index in [2.05, 4.69) is 10.6 Å². The molecule has 0 aliphatic heterocycles. The van der Waals surface area contributed by atoms with Gasteiger partial charge in [0, 0.05) is 22.7 Å². The first-order valence-corrected chi connectivity index (χ1v) is 14.8. The van der Waals surface area contributed by atoms with Crippen molar-refractivity contribution in [1.29, 1.82) is 0 Å². The molecule has 0 aromatic heterocycles. The van der Waals surface area contributed by atoms with Gasteiger partial charge in [0.1, 0.15) is 17.5 Å². The van der Waals surface area contributed by atoms with Crippen molar-refractivity contribution in [3.05, 3.63) is 156 Å². The fourth-order valence-corrected chi connectivity index (χ4v) is 5.31. The number of fused-ring (bicyclic) bond motifs is 1. The van der Waals surface area contributed by atoms with Crippen LogP contribution in [0.5, 0.6) is 11.5 Å². The van der Waals surface area contributed by atoms with Crippen molar-refractivity contribution >= 4 is 45.6 Å². The number of carbonyl (C=O) groups is 2. The number of hydrogen-bond acceptors (Lipinski definition) is 4. The summed E-state index contributed by atoms with van der Waals surface area (Å²) in [6.07, 6.45) is 0.0948. The van der Waals surface area contributed by atoms with Gasteiger partial charge in [0.25, 0.3) is 5.91 Å². The summed E-state index contributed by atoms with van der Waals surface area (Å²) in [4.78, 5) is 25.7. The second-order valence-electron chi connectivity index (χ2n) is 10.6. The van der Waals surface area contributed by atoms with Crippen molar-refractivity contribution in [2.45, 2.75) is 12.5 Å². The van der Waals surface area contributed by atoms with Gasteiger partial charge in [-0.15, -0.1) is 0 Å². The largest absolute Gasteiger partial charge is 0.480 e. The van der Waals surface area contributed by atoms with E-state index in [0.29, 0.717) is 16.5 Å². The van der Waals surface area contributed by atoms with Crippen LogP contribution in [0.3, 0.4) is 0 Å². The summed E-state index contributed by atoms with van der Waals surface area (Å²) in [7, 11) is 0. The minimum Gasteiger partial charge on any atom is -0.480 e. The van der Waals surface area contributed by atoms with E-state index in [1.165, 1.54) is 6.07 Å². The number of benzene rings is 6. The maximum Gasteiger partial charge on any atom is 0.326 e. The summed E-state index contributed by atoms with van der Waals surface area (Å²) in [6.45, 7) is 0. The molecule has 1 unspecified atom stereocenters. The average Bonchev–Trinajstić information content (AvgIpc) is 3.06. The number of para-hydroxylation sites is 2. The Labute approximate surface area is 265 Å². The van der Waals surface area contributed by atoms with E-state index in [4.69, 9.17) is 16.3 Å². The van der Waals surface area contributed by atoms with Crippen LogP contribution in [0.2, 0.25) is 5.02 Å². The topological polar surface area (TPSA) is 87.7 Å². The van der Waals surface area contributed by atoms with E-state index in [0.717, 1.165) is 38.9 Å². The molecule has 6 aromatic rings. The average molecular weight is 613 g/mol. The second kappa shape index (κ2) is 13.4. The molecule has 0 radical (unpaired) electrons. The predicted octanol–water partition coefficient (Wildman–Crippen LogP) is 9.12. The zero-order valence-electron chi connectivity index (χ0n) is 24.1. The molecule has 3 N–H and O–H groups in total. The summed E-state index contributed by atoms with van der Waals surface area (Å²) >= 11 is 6.26. The van der Waals surface area contributed by atoms with Gasteiger partial charge < -0.3 is 20.5 Å². The molecule has 6 nitrogen and oxygen atoms in total. The van der Waals surface area contributed by atoms with Crippen LogP contribution >= 0.6 is 11.6 Å². The molecule has 0 bridgehead atoms. The van der Waals surface area contributed by atoms with Crippen LogP contribution in [-0.2, 0) is 11.2 Å². The number of rotatable bonds is 10. The van der Waals surface area contributed by atoms with E-state index in [9.17, 15) is 14.7 Å². The van der Waals surface area contributed by atoms with Crippen LogP contribution < -0.4 is 15.4 Å². The number of anilines is 2. The number of carboxylic acids is 1. The molecule has 45 heavy (non-hydrogen) atoms. The van der Waals surface area contributed by atoms with E-state index in [-0.39, 0.29) is 12.0 Å². The molecule has 222 valence electrons.